The van der Waals surface area contributed by atoms with Crippen LogP contribution in [0.5, 0.6) is 0 Å². The molecule has 0 aromatic rings. The average Bonchev–Trinajstić information content (AvgIpc) is 2.37. The zero-order valence-corrected chi connectivity index (χ0v) is 13.8. The Kier molecular flexibility index (Phi) is 7.96. The van der Waals surface area contributed by atoms with Gasteiger partial charge in [-0.05, 0) is 58.9 Å². The molecule has 0 radical (unpaired) electrons. The minimum absolute atomic E-state index is 0.742. The summed E-state index contributed by atoms with van der Waals surface area (Å²) in [6, 6.07) is 1.54. The van der Waals surface area contributed by atoms with Crippen LogP contribution in [0.4, 0.5) is 0 Å². The lowest BCUT2D eigenvalue weighted by Gasteiger charge is -2.39. The quantitative estimate of drug-likeness (QED) is 0.730. The Hall–Kier alpha value is -0.120. The van der Waals surface area contributed by atoms with Gasteiger partial charge in [0.1, 0.15) is 0 Å². The van der Waals surface area contributed by atoms with Crippen LogP contribution >= 0.6 is 0 Å². The maximum atomic E-state index is 3.65. The summed E-state index contributed by atoms with van der Waals surface area (Å²) in [4.78, 5) is 5.11. The molecule has 1 N–H and O–H groups in total. The number of hydrogen-bond donors (Lipinski definition) is 1. The van der Waals surface area contributed by atoms with Crippen molar-refractivity contribution in [1.82, 2.24) is 15.1 Å². The number of hydrogen-bond acceptors (Lipinski definition) is 3. The molecular weight excluding hydrogens is 234 g/mol. The molecule has 0 aromatic carbocycles. The number of likely N-dealkylation sites (tertiary alicyclic amines) is 1. The lowest BCUT2D eigenvalue weighted by atomic mass is 10.0. The number of piperidine rings is 1. The summed E-state index contributed by atoms with van der Waals surface area (Å²) in [5, 5.41) is 3.65. The molecule has 0 saturated carbocycles. The van der Waals surface area contributed by atoms with Crippen LogP contribution in [0.3, 0.4) is 0 Å². The molecule has 0 bridgehead atoms. The molecule has 1 unspecified atom stereocenters. The van der Waals surface area contributed by atoms with Gasteiger partial charge in [-0.25, -0.2) is 0 Å². The summed E-state index contributed by atoms with van der Waals surface area (Å²) in [5.74, 6) is 0.752. The van der Waals surface area contributed by atoms with E-state index in [4.69, 9.17) is 0 Å². The maximum Gasteiger partial charge on any atom is 0.0220 e. The second kappa shape index (κ2) is 8.93. The van der Waals surface area contributed by atoms with E-state index in [0.29, 0.717) is 0 Å². The van der Waals surface area contributed by atoms with Crippen molar-refractivity contribution in [2.45, 2.75) is 58.5 Å². The van der Waals surface area contributed by atoms with Gasteiger partial charge in [0.2, 0.25) is 0 Å². The number of nitrogens with one attached hydrogen (secondary N) is 1. The van der Waals surface area contributed by atoms with Crippen LogP contribution in [0.1, 0.15) is 46.5 Å². The van der Waals surface area contributed by atoms with Crippen LogP contribution in [-0.4, -0.2) is 62.2 Å². The van der Waals surface area contributed by atoms with Gasteiger partial charge in [-0.15, -0.1) is 0 Å². The van der Waals surface area contributed by atoms with E-state index in [9.17, 15) is 0 Å². The van der Waals surface area contributed by atoms with Crippen LogP contribution in [0, 0.1) is 5.92 Å². The van der Waals surface area contributed by atoms with E-state index in [1.165, 1.54) is 45.3 Å². The molecule has 1 aliphatic rings. The van der Waals surface area contributed by atoms with Gasteiger partial charge in [-0.3, -0.25) is 4.90 Å². The molecule has 1 saturated heterocycles. The van der Waals surface area contributed by atoms with Crippen molar-refractivity contribution in [3.63, 3.8) is 0 Å². The normalized spacial score (nSPS) is 20.4. The van der Waals surface area contributed by atoms with Crippen molar-refractivity contribution in [2.24, 2.45) is 5.92 Å². The molecule has 1 aliphatic heterocycles. The fourth-order valence-electron chi connectivity index (χ4n) is 3.05. The smallest absolute Gasteiger partial charge is 0.0220 e. The molecule has 1 fully saturated rings. The highest BCUT2D eigenvalue weighted by Crippen LogP contribution is 2.18. The van der Waals surface area contributed by atoms with Crippen molar-refractivity contribution in [1.29, 1.82) is 0 Å². The topological polar surface area (TPSA) is 18.5 Å². The van der Waals surface area contributed by atoms with Crippen LogP contribution < -0.4 is 5.32 Å². The first kappa shape index (κ1) is 16.9. The lowest BCUT2D eigenvalue weighted by molar-refractivity contribution is 0.102. The Morgan fingerprint density at radius 3 is 2.26 bits per heavy atom. The molecular formula is C16H35N3. The molecule has 0 spiro atoms. The van der Waals surface area contributed by atoms with E-state index < -0.39 is 0 Å². The number of nitrogens with zero attached hydrogens (tertiary/aromatic N) is 2. The summed E-state index contributed by atoms with van der Waals surface area (Å²) >= 11 is 0. The minimum Gasteiger partial charge on any atom is -0.315 e. The van der Waals surface area contributed by atoms with Gasteiger partial charge in [0.25, 0.3) is 0 Å². The van der Waals surface area contributed by atoms with Crippen LogP contribution in [0.2, 0.25) is 0 Å². The number of rotatable bonds is 8. The minimum atomic E-state index is 0.742. The molecule has 3 nitrogen and oxygen atoms in total. The lowest BCUT2D eigenvalue weighted by Crippen LogP contribution is -2.49. The van der Waals surface area contributed by atoms with E-state index in [1.807, 2.05) is 0 Å². The standard InChI is InChI=1S/C16H35N3/c1-6-7-16(13-17-12-14(2)3)19-10-8-15(9-11-19)18(4)5/h14-17H,6-13H2,1-5H3. The Morgan fingerprint density at radius 2 is 1.79 bits per heavy atom. The van der Waals surface area contributed by atoms with Gasteiger partial charge in [-0.1, -0.05) is 27.2 Å². The van der Waals surface area contributed by atoms with E-state index >= 15 is 0 Å². The molecule has 1 atom stereocenters. The fourth-order valence-corrected chi connectivity index (χ4v) is 3.05. The van der Waals surface area contributed by atoms with Crippen molar-refractivity contribution >= 4 is 0 Å². The molecule has 0 aromatic heterocycles. The summed E-state index contributed by atoms with van der Waals surface area (Å²) in [7, 11) is 4.43. The highest BCUT2D eigenvalue weighted by Gasteiger charge is 2.25. The fraction of sp³-hybridized carbons (Fsp3) is 1.00. The van der Waals surface area contributed by atoms with Crippen LogP contribution in [0.15, 0.2) is 0 Å². The second-order valence-corrected chi connectivity index (χ2v) is 6.73. The summed E-state index contributed by atoms with van der Waals surface area (Å²) in [6.45, 7) is 11.7. The van der Waals surface area contributed by atoms with Gasteiger partial charge in [0.15, 0.2) is 0 Å². The third-order valence-corrected chi connectivity index (χ3v) is 4.30. The molecule has 1 rings (SSSR count). The van der Waals surface area contributed by atoms with Gasteiger partial charge >= 0.3 is 0 Å². The largest absolute Gasteiger partial charge is 0.315 e. The predicted molar refractivity (Wildman–Crippen MR) is 84.7 cm³/mol. The van der Waals surface area contributed by atoms with Gasteiger partial charge < -0.3 is 10.2 Å². The third-order valence-electron chi connectivity index (χ3n) is 4.30. The monoisotopic (exact) mass is 269 g/mol. The first-order chi connectivity index (χ1) is 9.04. The zero-order valence-electron chi connectivity index (χ0n) is 13.8. The summed E-state index contributed by atoms with van der Waals surface area (Å²) < 4.78 is 0. The van der Waals surface area contributed by atoms with Gasteiger partial charge in [-0.2, -0.15) is 0 Å². The summed E-state index contributed by atoms with van der Waals surface area (Å²) in [6.07, 6.45) is 5.29. The first-order valence-electron chi connectivity index (χ1n) is 8.15. The molecule has 0 amide bonds. The van der Waals surface area contributed by atoms with E-state index in [1.54, 1.807) is 0 Å². The van der Waals surface area contributed by atoms with Crippen molar-refractivity contribution in [2.75, 3.05) is 40.3 Å². The Balaban J connectivity index is 2.35. The van der Waals surface area contributed by atoms with Crippen molar-refractivity contribution in [3.05, 3.63) is 0 Å². The van der Waals surface area contributed by atoms with Gasteiger partial charge in [0.05, 0.1) is 0 Å². The predicted octanol–water partition coefficient (Wildman–Crippen LogP) is 2.43. The maximum absolute atomic E-state index is 3.65. The van der Waals surface area contributed by atoms with Crippen LogP contribution in [0.25, 0.3) is 0 Å². The second-order valence-electron chi connectivity index (χ2n) is 6.73. The average molecular weight is 269 g/mol. The third kappa shape index (κ3) is 6.24. The summed E-state index contributed by atoms with van der Waals surface area (Å²) in [5.41, 5.74) is 0. The molecule has 1 heterocycles. The molecule has 19 heavy (non-hydrogen) atoms. The highest BCUT2D eigenvalue weighted by molar-refractivity contribution is 4.82. The van der Waals surface area contributed by atoms with Crippen molar-refractivity contribution in [3.8, 4) is 0 Å². The van der Waals surface area contributed by atoms with E-state index in [-0.39, 0.29) is 0 Å². The van der Waals surface area contributed by atoms with E-state index in [0.717, 1.165) is 24.5 Å². The Bertz CT molecular complexity index is 220. The van der Waals surface area contributed by atoms with Crippen LogP contribution in [-0.2, 0) is 0 Å². The first-order valence-corrected chi connectivity index (χ1v) is 8.15. The Labute approximate surface area is 120 Å². The SMILES string of the molecule is CCCC(CNCC(C)C)N1CCC(N(C)C)CC1. The van der Waals surface area contributed by atoms with Crippen molar-refractivity contribution < 1.29 is 0 Å². The molecule has 0 aliphatic carbocycles. The van der Waals surface area contributed by atoms with Gasteiger partial charge in [0, 0.05) is 18.6 Å². The zero-order chi connectivity index (χ0) is 14.3. The highest BCUT2D eigenvalue weighted by atomic mass is 15.2. The van der Waals surface area contributed by atoms with E-state index in [2.05, 4.69) is 50.0 Å². The molecule has 114 valence electrons. The molecule has 3 heteroatoms. The Morgan fingerprint density at radius 1 is 1.16 bits per heavy atom.